The van der Waals surface area contributed by atoms with Crippen LogP contribution in [0.15, 0.2) is 21.2 Å². The summed E-state index contributed by atoms with van der Waals surface area (Å²) in [5.41, 5.74) is 0. The zero-order valence-electron chi connectivity index (χ0n) is 10.3. The molecule has 2 saturated heterocycles. The van der Waals surface area contributed by atoms with Crippen LogP contribution in [0.4, 0.5) is 0 Å². The van der Waals surface area contributed by atoms with Gasteiger partial charge in [0.15, 0.2) is 4.67 Å². The van der Waals surface area contributed by atoms with Crippen molar-refractivity contribution in [3.63, 3.8) is 0 Å². The van der Waals surface area contributed by atoms with Gasteiger partial charge >= 0.3 is 0 Å². The van der Waals surface area contributed by atoms with Crippen molar-refractivity contribution in [2.24, 2.45) is 0 Å². The Hall–Kier alpha value is -0.360. The molecule has 3 heterocycles. The number of morpholine rings is 1. The molecule has 3 rings (SSSR count). The average molecular weight is 316 g/mol. The van der Waals surface area contributed by atoms with Gasteiger partial charge in [0.1, 0.15) is 5.76 Å². The molecule has 4 nitrogen and oxygen atoms in total. The van der Waals surface area contributed by atoms with Crippen LogP contribution >= 0.6 is 15.9 Å². The molecule has 5 heteroatoms. The fourth-order valence-corrected chi connectivity index (χ4v) is 2.99. The SMILES string of the molecule is Brc1ccc(CN2CCO[C@H]([C@H]3CCCO3)C2)o1. The number of rotatable bonds is 3. The summed E-state index contributed by atoms with van der Waals surface area (Å²) in [6, 6.07) is 3.95. The smallest absolute Gasteiger partial charge is 0.169 e. The Morgan fingerprint density at radius 1 is 1.22 bits per heavy atom. The van der Waals surface area contributed by atoms with Crippen molar-refractivity contribution in [1.82, 2.24) is 4.90 Å². The van der Waals surface area contributed by atoms with Crippen LogP contribution in [-0.4, -0.2) is 43.4 Å². The highest BCUT2D eigenvalue weighted by molar-refractivity contribution is 9.10. The first-order valence-electron chi connectivity index (χ1n) is 6.51. The van der Waals surface area contributed by atoms with Crippen LogP contribution in [-0.2, 0) is 16.0 Å². The summed E-state index contributed by atoms with van der Waals surface area (Å²) in [5.74, 6) is 0.995. The zero-order chi connectivity index (χ0) is 12.4. The Morgan fingerprint density at radius 2 is 2.11 bits per heavy atom. The van der Waals surface area contributed by atoms with E-state index >= 15 is 0 Å². The largest absolute Gasteiger partial charge is 0.453 e. The van der Waals surface area contributed by atoms with Gasteiger partial charge in [0.25, 0.3) is 0 Å². The third-order valence-corrected chi connectivity index (χ3v) is 3.99. The topological polar surface area (TPSA) is 34.8 Å². The Kier molecular flexibility index (Phi) is 4.03. The first-order chi connectivity index (χ1) is 8.81. The van der Waals surface area contributed by atoms with Crippen LogP contribution in [0.5, 0.6) is 0 Å². The van der Waals surface area contributed by atoms with E-state index in [1.165, 1.54) is 0 Å². The van der Waals surface area contributed by atoms with Crippen molar-refractivity contribution in [1.29, 1.82) is 0 Å². The van der Waals surface area contributed by atoms with Crippen molar-refractivity contribution in [3.05, 3.63) is 22.6 Å². The second kappa shape index (κ2) is 5.74. The highest BCUT2D eigenvalue weighted by Gasteiger charge is 2.31. The van der Waals surface area contributed by atoms with E-state index in [1.54, 1.807) is 0 Å². The summed E-state index contributed by atoms with van der Waals surface area (Å²) in [4.78, 5) is 2.38. The molecule has 0 amide bonds. The van der Waals surface area contributed by atoms with Gasteiger partial charge in [-0.3, -0.25) is 4.90 Å². The highest BCUT2D eigenvalue weighted by Crippen LogP contribution is 2.22. The van der Waals surface area contributed by atoms with Crippen molar-refractivity contribution >= 4 is 15.9 Å². The quantitative estimate of drug-likeness (QED) is 0.858. The van der Waals surface area contributed by atoms with E-state index in [4.69, 9.17) is 13.9 Å². The minimum Gasteiger partial charge on any atom is -0.453 e. The van der Waals surface area contributed by atoms with Crippen LogP contribution in [0, 0.1) is 0 Å². The van der Waals surface area contributed by atoms with Gasteiger partial charge in [-0.05, 0) is 40.9 Å². The molecule has 2 aliphatic heterocycles. The van der Waals surface area contributed by atoms with E-state index in [0.717, 1.165) is 56.1 Å². The van der Waals surface area contributed by atoms with E-state index in [9.17, 15) is 0 Å². The summed E-state index contributed by atoms with van der Waals surface area (Å²) in [7, 11) is 0. The number of hydrogen-bond acceptors (Lipinski definition) is 4. The normalized spacial score (nSPS) is 29.8. The standard InChI is InChI=1S/C13H18BrNO3/c14-13-4-3-10(18-13)8-15-5-7-17-12(9-15)11-2-1-6-16-11/h3-4,11-12H,1-2,5-9H2/t11-,12+/m1/s1. The second-order valence-electron chi connectivity index (χ2n) is 4.90. The lowest BCUT2D eigenvalue weighted by atomic mass is 10.1. The predicted octanol–water partition coefficient (Wildman–Crippen LogP) is 2.42. The molecule has 100 valence electrons. The Morgan fingerprint density at radius 3 is 2.83 bits per heavy atom. The predicted molar refractivity (Wildman–Crippen MR) is 70.4 cm³/mol. The lowest BCUT2D eigenvalue weighted by Gasteiger charge is -2.34. The molecule has 2 aliphatic rings. The number of ether oxygens (including phenoxy) is 2. The van der Waals surface area contributed by atoms with Crippen LogP contribution in [0.1, 0.15) is 18.6 Å². The van der Waals surface area contributed by atoms with Crippen molar-refractivity contribution in [3.8, 4) is 0 Å². The molecule has 18 heavy (non-hydrogen) atoms. The zero-order valence-corrected chi connectivity index (χ0v) is 11.9. The minimum atomic E-state index is 0.222. The summed E-state index contributed by atoms with van der Waals surface area (Å²) < 4.78 is 17.9. The number of nitrogens with zero attached hydrogens (tertiary/aromatic N) is 1. The van der Waals surface area contributed by atoms with Gasteiger partial charge in [-0.1, -0.05) is 0 Å². The Balaban J connectivity index is 1.56. The van der Waals surface area contributed by atoms with Crippen LogP contribution < -0.4 is 0 Å². The molecule has 2 fully saturated rings. The fourth-order valence-electron chi connectivity index (χ4n) is 2.65. The summed E-state index contributed by atoms with van der Waals surface area (Å²) in [6.07, 6.45) is 2.80. The third kappa shape index (κ3) is 2.96. The van der Waals surface area contributed by atoms with E-state index in [2.05, 4.69) is 20.8 Å². The molecule has 2 atom stereocenters. The molecule has 0 N–H and O–H groups in total. The van der Waals surface area contributed by atoms with Crippen molar-refractivity contribution in [2.45, 2.75) is 31.6 Å². The van der Waals surface area contributed by atoms with Gasteiger partial charge in [0.05, 0.1) is 25.4 Å². The summed E-state index contributed by atoms with van der Waals surface area (Å²) in [6.45, 7) is 4.41. The van der Waals surface area contributed by atoms with E-state index in [0.29, 0.717) is 0 Å². The van der Waals surface area contributed by atoms with E-state index in [-0.39, 0.29) is 12.2 Å². The van der Waals surface area contributed by atoms with Gasteiger partial charge in [-0.25, -0.2) is 0 Å². The summed E-state index contributed by atoms with van der Waals surface area (Å²) >= 11 is 3.33. The van der Waals surface area contributed by atoms with Gasteiger partial charge in [0, 0.05) is 19.7 Å². The maximum absolute atomic E-state index is 5.83. The molecule has 0 unspecified atom stereocenters. The molecule has 0 aromatic carbocycles. The Bertz CT molecular complexity index is 389. The van der Waals surface area contributed by atoms with E-state index in [1.807, 2.05) is 12.1 Å². The fraction of sp³-hybridized carbons (Fsp3) is 0.692. The lowest BCUT2D eigenvalue weighted by Crippen LogP contribution is -2.47. The maximum Gasteiger partial charge on any atom is 0.169 e. The first kappa shape index (κ1) is 12.7. The van der Waals surface area contributed by atoms with Gasteiger partial charge in [-0.2, -0.15) is 0 Å². The molecule has 1 aromatic heterocycles. The van der Waals surface area contributed by atoms with Crippen molar-refractivity contribution < 1.29 is 13.9 Å². The number of halogens is 1. The second-order valence-corrected chi connectivity index (χ2v) is 5.68. The maximum atomic E-state index is 5.83. The molecule has 1 aromatic rings. The summed E-state index contributed by atoms with van der Waals surface area (Å²) in [5, 5.41) is 0. The minimum absolute atomic E-state index is 0.222. The molecule has 0 radical (unpaired) electrons. The van der Waals surface area contributed by atoms with Crippen molar-refractivity contribution in [2.75, 3.05) is 26.3 Å². The van der Waals surface area contributed by atoms with Gasteiger partial charge in [0.2, 0.25) is 0 Å². The first-order valence-corrected chi connectivity index (χ1v) is 7.30. The number of hydrogen-bond donors (Lipinski definition) is 0. The Labute approximate surface area is 115 Å². The van der Waals surface area contributed by atoms with Crippen LogP contribution in [0.2, 0.25) is 0 Å². The molecular weight excluding hydrogens is 298 g/mol. The molecule has 0 bridgehead atoms. The van der Waals surface area contributed by atoms with Gasteiger partial charge < -0.3 is 13.9 Å². The highest BCUT2D eigenvalue weighted by atomic mass is 79.9. The van der Waals surface area contributed by atoms with E-state index < -0.39 is 0 Å². The average Bonchev–Trinajstić information content (AvgIpc) is 3.01. The lowest BCUT2D eigenvalue weighted by molar-refractivity contribution is -0.0968. The molecule has 0 aliphatic carbocycles. The molecule has 0 saturated carbocycles. The monoisotopic (exact) mass is 315 g/mol. The number of furan rings is 1. The third-order valence-electron chi connectivity index (χ3n) is 3.57. The van der Waals surface area contributed by atoms with Gasteiger partial charge in [-0.15, -0.1) is 0 Å². The van der Waals surface area contributed by atoms with Crippen LogP contribution in [0.25, 0.3) is 0 Å². The van der Waals surface area contributed by atoms with Crippen LogP contribution in [0.3, 0.4) is 0 Å². The molecule has 0 spiro atoms. The molecular formula is C13H18BrNO3.